The van der Waals surface area contributed by atoms with Gasteiger partial charge in [0, 0.05) is 26.7 Å². The molecule has 0 saturated carbocycles. The summed E-state index contributed by atoms with van der Waals surface area (Å²) in [4.78, 5) is 4.29. The number of ether oxygens (including phenoxy) is 2. The first-order chi connectivity index (χ1) is 12.8. The summed E-state index contributed by atoms with van der Waals surface area (Å²) in [6.45, 7) is 2.90. The molecule has 2 aromatic rings. The van der Waals surface area contributed by atoms with Crippen molar-refractivity contribution in [1.82, 2.24) is 10.6 Å². The Hall–Kier alpha value is -2.53. The Balaban J connectivity index is 1.51. The summed E-state index contributed by atoms with van der Waals surface area (Å²) in [7, 11) is 1.79. The maximum absolute atomic E-state index is 5.89. The molecule has 0 radical (unpaired) electrons. The number of benzene rings is 2. The quantitative estimate of drug-likeness (QED) is 0.593. The summed E-state index contributed by atoms with van der Waals surface area (Å²) in [5.74, 6) is 1.67. The van der Waals surface area contributed by atoms with Crippen molar-refractivity contribution in [3.63, 3.8) is 0 Å². The molecule has 0 aliphatic carbocycles. The largest absolute Gasteiger partial charge is 0.489 e. The standard InChI is InChI=1S/C21H27N3O2/c1-22-21(24-15-20-12-7-13-25-20)23-14-17-8-5-6-9-18(17)16-26-19-10-3-2-4-11-19/h2-6,8-11,20H,7,12-16H2,1H3,(H2,22,23,24). The summed E-state index contributed by atoms with van der Waals surface area (Å²) < 4.78 is 11.5. The average Bonchev–Trinajstić information content (AvgIpc) is 3.21. The van der Waals surface area contributed by atoms with Crippen LogP contribution in [0.3, 0.4) is 0 Å². The SMILES string of the molecule is CN=C(NCc1ccccc1COc1ccccc1)NCC1CCCO1. The number of nitrogens with zero attached hydrogens (tertiary/aromatic N) is 1. The van der Waals surface area contributed by atoms with Crippen LogP contribution >= 0.6 is 0 Å². The van der Waals surface area contributed by atoms with Crippen molar-refractivity contribution in [3.8, 4) is 5.75 Å². The molecule has 1 atom stereocenters. The molecular weight excluding hydrogens is 326 g/mol. The average molecular weight is 353 g/mol. The van der Waals surface area contributed by atoms with Crippen LogP contribution in [0.25, 0.3) is 0 Å². The van der Waals surface area contributed by atoms with Gasteiger partial charge in [-0.25, -0.2) is 0 Å². The second-order valence-corrected chi connectivity index (χ2v) is 6.31. The van der Waals surface area contributed by atoms with Crippen molar-refractivity contribution in [2.24, 2.45) is 4.99 Å². The zero-order valence-electron chi connectivity index (χ0n) is 15.3. The van der Waals surface area contributed by atoms with E-state index in [9.17, 15) is 0 Å². The van der Waals surface area contributed by atoms with Gasteiger partial charge >= 0.3 is 0 Å². The highest BCUT2D eigenvalue weighted by molar-refractivity contribution is 5.79. The normalized spacial score (nSPS) is 17.1. The minimum atomic E-state index is 0.292. The van der Waals surface area contributed by atoms with Crippen LogP contribution in [0.5, 0.6) is 5.75 Å². The van der Waals surface area contributed by atoms with Gasteiger partial charge in [0.25, 0.3) is 0 Å². The van der Waals surface area contributed by atoms with Crippen molar-refractivity contribution >= 4 is 5.96 Å². The van der Waals surface area contributed by atoms with E-state index in [0.717, 1.165) is 37.7 Å². The van der Waals surface area contributed by atoms with Gasteiger partial charge in [-0.15, -0.1) is 0 Å². The molecule has 2 aromatic carbocycles. The molecule has 1 fully saturated rings. The Morgan fingerprint density at radius 1 is 1.08 bits per heavy atom. The molecule has 0 aromatic heterocycles. The minimum Gasteiger partial charge on any atom is -0.489 e. The number of rotatable bonds is 7. The third-order valence-electron chi connectivity index (χ3n) is 4.45. The lowest BCUT2D eigenvalue weighted by Gasteiger charge is -2.16. The van der Waals surface area contributed by atoms with E-state index in [-0.39, 0.29) is 0 Å². The predicted octanol–water partition coefficient (Wildman–Crippen LogP) is 3.11. The second kappa shape index (κ2) is 9.82. The van der Waals surface area contributed by atoms with E-state index in [1.165, 1.54) is 11.1 Å². The Labute approximate surface area is 155 Å². The molecule has 1 saturated heterocycles. The molecular formula is C21H27N3O2. The Kier molecular flexibility index (Phi) is 6.90. The van der Waals surface area contributed by atoms with Crippen LogP contribution in [0.15, 0.2) is 59.6 Å². The van der Waals surface area contributed by atoms with Crippen molar-refractivity contribution in [1.29, 1.82) is 0 Å². The smallest absolute Gasteiger partial charge is 0.191 e. The number of hydrogen-bond acceptors (Lipinski definition) is 3. The van der Waals surface area contributed by atoms with Gasteiger partial charge in [-0.05, 0) is 36.1 Å². The van der Waals surface area contributed by atoms with Crippen LogP contribution in [-0.4, -0.2) is 32.3 Å². The van der Waals surface area contributed by atoms with Crippen molar-refractivity contribution in [2.75, 3.05) is 20.2 Å². The summed E-state index contributed by atoms with van der Waals surface area (Å²) in [6, 6.07) is 18.2. The van der Waals surface area contributed by atoms with Gasteiger partial charge in [0.05, 0.1) is 6.10 Å². The molecule has 1 aliphatic heterocycles. The van der Waals surface area contributed by atoms with Gasteiger partial charge in [0.15, 0.2) is 5.96 Å². The maximum atomic E-state index is 5.89. The third-order valence-corrected chi connectivity index (χ3v) is 4.45. The Morgan fingerprint density at radius 2 is 1.85 bits per heavy atom. The molecule has 5 heteroatoms. The highest BCUT2D eigenvalue weighted by atomic mass is 16.5. The number of guanidine groups is 1. The number of nitrogens with one attached hydrogen (secondary N) is 2. The molecule has 26 heavy (non-hydrogen) atoms. The van der Waals surface area contributed by atoms with E-state index in [1.807, 2.05) is 42.5 Å². The van der Waals surface area contributed by atoms with Gasteiger partial charge in [0.2, 0.25) is 0 Å². The lowest BCUT2D eigenvalue weighted by molar-refractivity contribution is 0.114. The van der Waals surface area contributed by atoms with E-state index in [4.69, 9.17) is 9.47 Å². The molecule has 1 unspecified atom stereocenters. The Bertz CT molecular complexity index is 697. The van der Waals surface area contributed by atoms with Gasteiger partial charge in [-0.2, -0.15) is 0 Å². The first-order valence-corrected chi connectivity index (χ1v) is 9.16. The summed E-state index contributed by atoms with van der Waals surface area (Å²) >= 11 is 0. The monoisotopic (exact) mass is 353 g/mol. The van der Waals surface area contributed by atoms with Crippen molar-refractivity contribution in [3.05, 3.63) is 65.7 Å². The van der Waals surface area contributed by atoms with Crippen LogP contribution in [0.4, 0.5) is 0 Å². The van der Waals surface area contributed by atoms with Crippen molar-refractivity contribution < 1.29 is 9.47 Å². The molecule has 138 valence electrons. The molecule has 0 spiro atoms. The van der Waals surface area contributed by atoms with Crippen LogP contribution in [0, 0.1) is 0 Å². The fourth-order valence-electron chi connectivity index (χ4n) is 2.96. The molecule has 0 bridgehead atoms. The molecule has 3 rings (SSSR count). The second-order valence-electron chi connectivity index (χ2n) is 6.31. The highest BCUT2D eigenvalue weighted by Crippen LogP contribution is 2.15. The first-order valence-electron chi connectivity index (χ1n) is 9.16. The Morgan fingerprint density at radius 3 is 2.58 bits per heavy atom. The van der Waals surface area contributed by atoms with Gasteiger partial charge < -0.3 is 20.1 Å². The van der Waals surface area contributed by atoms with E-state index in [2.05, 4.69) is 27.8 Å². The summed E-state index contributed by atoms with van der Waals surface area (Å²) in [5.41, 5.74) is 2.36. The zero-order valence-corrected chi connectivity index (χ0v) is 15.3. The zero-order chi connectivity index (χ0) is 18.0. The van der Waals surface area contributed by atoms with Crippen LogP contribution in [-0.2, 0) is 17.9 Å². The third kappa shape index (κ3) is 5.49. The fraction of sp³-hybridized carbons (Fsp3) is 0.381. The molecule has 5 nitrogen and oxygen atoms in total. The van der Waals surface area contributed by atoms with Gasteiger partial charge in [-0.3, -0.25) is 4.99 Å². The van der Waals surface area contributed by atoms with E-state index in [1.54, 1.807) is 7.05 Å². The minimum absolute atomic E-state index is 0.292. The number of aliphatic imine (C=N–C) groups is 1. The molecule has 1 heterocycles. The fourth-order valence-corrected chi connectivity index (χ4v) is 2.96. The van der Waals surface area contributed by atoms with Crippen LogP contribution in [0.2, 0.25) is 0 Å². The summed E-state index contributed by atoms with van der Waals surface area (Å²) in [5, 5.41) is 6.72. The van der Waals surface area contributed by atoms with Crippen LogP contribution in [0.1, 0.15) is 24.0 Å². The lowest BCUT2D eigenvalue weighted by Crippen LogP contribution is -2.40. The summed E-state index contributed by atoms with van der Waals surface area (Å²) in [6.07, 6.45) is 2.55. The predicted molar refractivity (Wildman–Crippen MR) is 104 cm³/mol. The van der Waals surface area contributed by atoms with Gasteiger partial charge in [-0.1, -0.05) is 42.5 Å². The number of para-hydroxylation sites is 1. The van der Waals surface area contributed by atoms with E-state index in [0.29, 0.717) is 19.3 Å². The topological polar surface area (TPSA) is 54.9 Å². The van der Waals surface area contributed by atoms with E-state index >= 15 is 0 Å². The van der Waals surface area contributed by atoms with Crippen molar-refractivity contribution in [2.45, 2.75) is 32.1 Å². The number of hydrogen-bond donors (Lipinski definition) is 2. The highest BCUT2D eigenvalue weighted by Gasteiger charge is 2.15. The maximum Gasteiger partial charge on any atom is 0.191 e. The van der Waals surface area contributed by atoms with E-state index < -0.39 is 0 Å². The molecule has 1 aliphatic rings. The molecule has 0 amide bonds. The van der Waals surface area contributed by atoms with Gasteiger partial charge in [0.1, 0.15) is 12.4 Å². The molecule has 2 N–H and O–H groups in total. The van der Waals surface area contributed by atoms with Crippen LogP contribution < -0.4 is 15.4 Å². The lowest BCUT2D eigenvalue weighted by atomic mass is 10.1. The first kappa shape index (κ1) is 18.3.